The van der Waals surface area contributed by atoms with Crippen molar-refractivity contribution < 1.29 is 4.74 Å². The second-order valence-electron chi connectivity index (χ2n) is 5.00. The fraction of sp³-hybridized carbons (Fsp3) is 0.600. The van der Waals surface area contributed by atoms with Crippen LogP contribution in [0, 0.1) is 0 Å². The molecule has 0 spiro atoms. The smallest absolute Gasteiger partial charge is 0.0724 e. The summed E-state index contributed by atoms with van der Waals surface area (Å²) in [6.45, 7) is 1.63. The first kappa shape index (κ1) is 13.5. The number of benzene rings is 1. The molecule has 0 radical (unpaired) electrons. The highest BCUT2D eigenvalue weighted by Crippen LogP contribution is 2.22. The predicted molar refractivity (Wildman–Crippen MR) is 74.5 cm³/mol. The molecule has 100 valence electrons. The largest absolute Gasteiger partial charge is 0.380 e. The molecular formula is C15H24N2O. The Morgan fingerprint density at radius 3 is 2.78 bits per heavy atom. The third kappa shape index (κ3) is 3.31. The Balaban J connectivity index is 1.93. The van der Waals surface area contributed by atoms with Crippen molar-refractivity contribution in [1.82, 2.24) is 5.32 Å². The molecule has 0 saturated heterocycles. The van der Waals surface area contributed by atoms with Gasteiger partial charge in [0.2, 0.25) is 0 Å². The Morgan fingerprint density at radius 2 is 2.06 bits per heavy atom. The molecule has 1 aromatic carbocycles. The van der Waals surface area contributed by atoms with Crippen molar-refractivity contribution in [3.05, 3.63) is 35.4 Å². The van der Waals surface area contributed by atoms with Crippen molar-refractivity contribution in [3.8, 4) is 0 Å². The summed E-state index contributed by atoms with van der Waals surface area (Å²) in [5.41, 5.74) is 8.38. The zero-order chi connectivity index (χ0) is 12.8. The van der Waals surface area contributed by atoms with E-state index in [1.807, 2.05) is 7.11 Å². The van der Waals surface area contributed by atoms with E-state index < -0.39 is 0 Å². The first-order chi connectivity index (χ1) is 8.85. The minimum atomic E-state index is 0.381. The van der Waals surface area contributed by atoms with E-state index in [1.54, 1.807) is 0 Å². The lowest BCUT2D eigenvalue weighted by molar-refractivity contribution is 0.0847. The molecule has 1 aromatic rings. The Labute approximate surface area is 110 Å². The van der Waals surface area contributed by atoms with Gasteiger partial charge in [-0.15, -0.1) is 0 Å². The summed E-state index contributed by atoms with van der Waals surface area (Å²) in [7, 11) is 1.81. The summed E-state index contributed by atoms with van der Waals surface area (Å²) < 4.78 is 5.51. The van der Waals surface area contributed by atoms with Crippen molar-refractivity contribution in [3.63, 3.8) is 0 Å². The van der Waals surface area contributed by atoms with Crippen LogP contribution in [-0.4, -0.2) is 25.8 Å². The molecule has 3 nitrogen and oxygen atoms in total. The van der Waals surface area contributed by atoms with Crippen LogP contribution in [0.25, 0.3) is 0 Å². The van der Waals surface area contributed by atoms with Crippen LogP contribution in [-0.2, 0) is 17.7 Å². The molecule has 2 atom stereocenters. The predicted octanol–water partition coefficient (Wildman–Crippen LogP) is 1.84. The van der Waals surface area contributed by atoms with Gasteiger partial charge in [0.05, 0.1) is 6.10 Å². The highest BCUT2D eigenvalue weighted by molar-refractivity contribution is 5.27. The molecule has 2 unspecified atom stereocenters. The van der Waals surface area contributed by atoms with Gasteiger partial charge in [-0.2, -0.15) is 0 Å². The van der Waals surface area contributed by atoms with E-state index in [9.17, 15) is 0 Å². The average Bonchev–Trinajstić information content (AvgIpc) is 2.85. The van der Waals surface area contributed by atoms with E-state index in [-0.39, 0.29) is 0 Å². The van der Waals surface area contributed by atoms with E-state index in [4.69, 9.17) is 10.5 Å². The molecule has 1 saturated carbocycles. The van der Waals surface area contributed by atoms with Gasteiger partial charge in [-0.3, -0.25) is 0 Å². The third-order valence-corrected chi connectivity index (χ3v) is 3.84. The van der Waals surface area contributed by atoms with Crippen LogP contribution in [0.15, 0.2) is 24.3 Å². The zero-order valence-corrected chi connectivity index (χ0v) is 11.2. The normalized spacial score (nSPS) is 23.4. The van der Waals surface area contributed by atoms with Gasteiger partial charge < -0.3 is 15.8 Å². The van der Waals surface area contributed by atoms with Crippen molar-refractivity contribution in [2.45, 2.75) is 44.4 Å². The minimum absolute atomic E-state index is 0.381. The van der Waals surface area contributed by atoms with Crippen LogP contribution in [0.1, 0.15) is 30.4 Å². The SMILES string of the molecule is COC1CCCC1NCc1ccccc1CCN. The molecule has 3 N–H and O–H groups in total. The van der Waals surface area contributed by atoms with E-state index in [0.717, 1.165) is 13.0 Å². The fourth-order valence-electron chi connectivity index (χ4n) is 2.81. The number of nitrogens with one attached hydrogen (secondary N) is 1. The van der Waals surface area contributed by atoms with Gasteiger partial charge >= 0.3 is 0 Å². The van der Waals surface area contributed by atoms with Crippen molar-refractivity contribution in [2.24, 2.45) is 5.73 Å². The lowest BCUT2D eigenvalue weighted by atomic mass is 10.0. The number of hydrogen-bond donors (Lipinski definition) is 2. The highest BCUT2D eigenvalue weighted by Gasteiger charge is 2.26. The number of hydrogen-bond acceptors (Lipinski definition) is 3. The van der Waals surface area contributed by atoms with Gasteiger partial charge in [-0.25, -0.2) is 0 Å². The monoisotopic (exact) mass is 248 g/mol. The summed E-state index contributed by atoms with van der Waals surface area (Å²) in [6, 6.07) is 9.05. The molecule has 0 heterocycles. The topological polar surface area (TPSA) is 47.3 Å². The Bertz CT molecular complexity index is 367. The zero-order valence-electron chi connectivity index (χ0n) is 11.2. The van der Waals surface area contributed by atoms with Gasteiger partial charge in [-0.1, -0.05) is 24.3 Å². The molecule has 0 amide bonds. The number of methoxy groups -OCH3 is 1. The number of ether oxygens (including phenoxy) is 1. The van der Waals surface area contributed by atoms with Crippen LogP contribution in [0.4, 0.5) is 0 Å². The Morgan fingerprint density at radius 1 is 1.28 bits per heavy atom. The molecular weight excluding hydrogens is 224 g/mol. The molecule has 0 aromatic heterocycles. The Kier molecular flexibility index (Phi) is 5.17. The molecule has 1 aliphatic carbocycles. The third-order valence-electron chi connectivity index (χ3n) is 3.84. The summed E-state index contributed by atoms with van der Waals surface area (Å²) in [5, 5.41) is 3.63. The highest BCUT2D eigenvalue weighted by atomic mass is 16.5. The fourth-order valence-corrected chi connectivity index (χ4v) is 2.81. The molecule has 1 fully saturated rings. The van der Waals surface area contributed by atoms with Gasteiger partial charge in [0.1, 0.15) is 0 Å². The van der Waals surface area contributed by atoms with Crippen LogP contribution in [0.3, 0.4) is 0 Å². The first-order valence-corrected chi connectivity index (χ1v) is 6.88. The van der Waals surface area contributed by atoms with E-state index in [2.05, 4.69) is 29.6 Å². The van der Waals surface area contributed by atoms with E-state index in [0.29, 0.717) is 18.7 Å². The average molecular weight is 248 g/mol. The molecule has 1 aliphatic rings. The van der Waals surface area contributed by atoms with Crippen molar-refractivity contribution in [1.29, 1.82) is 0 Å². The van der Waals surface area contributed by atoms with Crippen molar-refractivity contribution >= 4 is 0 Å². The second kappa shape index (κ2) is 6.88. The van der Waals surface area contributed by atoms with Crippen LogP contribution in [0.2, 0.25) is 0 Å². The maximum atomic E-state index is 5.65. The second-order valence-corrected chi connectivity index (χ2v) is 5.00. The lowest BCUT2D eigenvalue weighted by Crippen LogP contribution is -2.36. The summed E-state index contributed by atoms with van der Waals surface area (Å²) in [6.07, 6.45) is 5.00. The van der Waals surface area contributed by atoms with E-state index in [1.165, 1.54) is 30.4 Å². The maximum Gasteiger partial charge on any atom is 0.0724 e. The molecule has 3 heteroatoms. The maximum absolute atomic E-state index is 5.65. The molecule has 0 bridgehead atoms. The number of rotatable bonds is 6. The van der Waals surface area contributed by atoms with Crippen LogP contribution in [0.5, 0.6) is 0 Å². The molecule has 18 heavy (non-hydrogen) atoms. The van der Waals surface area contributed by atoms with Gasteiger partial charge in [0, 0.05) is 19.7 Å². The van der Waals surface area contributed by atoms with Crippen LogP contribution >= 0.6 is 0 Å². The van der Waals surface area contributed by atoms with Gasteiger partial charge in [0.25, 0.3) is 0 Å². The molecule has 0 aliphatic heterocycles. The Hall–Kier alpha value is -0.900. The summed E-state index contributed by atoms with van der Waals surface area (Å²) in [4.78, 5) is 0. The van der Waals surface area contributed by atoms with Gasteiger partial charge in [0.15, 0.2) is 0 Å². The minimum Gasteiger partial charge on any atom is -0.380 e. The quantitative estimate of drug-likeness (QED) is 0.807. The van der Waals surface area contributed by atoms with Crippen molar-refractivity contribution in [2.75, 3.05) is 13.7 Å². The van der Waals surface area contributed by atoms with E-state index >= 15 is 0 Å². The molecule has 2 rings (SSSR count). The van der Waals surface area contributed by atoms with Gasteiger partial charge in [-0.05, 0) is 43.4 Å². The lowest BCUT2D eigenvalue weighted by Gasteiger charge is -2.20. The first-order valence-electron chi connectivity index (χ1n) is 6.88. The summed E-state index contributed by atoms with van der Waals surface area (Å²) >= 11 is 0. The summed E-state index contributed by atoms with van der Waals surface area (Å²) in [5.74, 6) is 0. The standard InChI is InChI=1S/C15H24N2O/c1-18-15-8-4-7-14(15)17-11-13-6-3-2-5-12(13)9-10-16/h2-3,5-6,14-15,17H,4,7-11,16H2,1H3. The van der Waals surface area contributed by atoms with Crippen LogP contribution < -0.4 is 11.1 Å². The number of nitrogens with two attached hydrogens (primary N) is 1.